The van der Waals surface area contributed by atoms with Gasteiger partial charge in [-0.25, -0.2) is 4.79 Å². The lowest BCUT2D eigenvalue weighted by atomic mass is 10.1. The Hall–Kier alpha value is -1.88. The predicted molar refractivity (Wildman–Crippen MR) is 53.7 cm³/mol. The summed E-state index contributed by atoms with van der Waals surface area (Å²) in [5.74, 6) is -0.323. The average molecular weight is 204 g/mol. The third-order valence-corrected chi connectivity index (χ3v) is 2.18. The minimum atomic E-state index is -0.538. The van der Waals surface area contributed by atoms with Crippen LogP contribution in [0.15, 0.2) is 24.3 Å². The van der Waals surface area contributed by atoms with E-state index in [0.717, 1.165) is 4.90 Å². The van der Waals surface area contributed by atoms with Crippen LogP contribution in [0.4, 0.5) is 10.5 Å². The second-order valence-corrected chi connectivity index (χ2v) is 3.16. The zero-order valence-electron chi connectivity index (χ0n) is 8.01. The highest BCUT2D eigenvalue weighted by Gasteiger charge is 2.30. The van der Waals surface area contributed by atoms with Gasteiger partial charge in [-0.15, -0.1) is 0 Å². The summed E-state index contributed by atoms with van der Waals surface area (Å²) in [6, 6.07) is 6.23. The quantitative estimate of drug-likeness (QED) is 0.760. The molecule has 1 aliphatic rings. The molecule has 0 spiro atoms. The first kappa shape index (κ1) is 9.67. The van der Waals surface area contributed by atoms with Crippen LogP contribution in [0, 0.1) is 0 Å². The Morgan fingerprint density at radius 1 is 1.27 bits per heavy atom. The lowest BCUT2D eigenvalue weighted by molar-refractivity contribution is 0.0796. The molecule has 0 saturated heterocycles. The molecule has 0 atom stereocenters. The molecule has 1 heterocycles. The minimum absolute atomic E-state index is 0.204. The third kappa shape index (κ3) is 1.57. The second kappa shape index (κ2) is 3.70. The van der Waals surface area contributed by atoms with Gasteiger partial charge in [0, 0.05) is 13.1 Å². The number of nitrogens with zero attached hydrogens (tertiary/aromatic N) is 2. The number of carbonyl (C=O) groups excluding carboxylic acids is 2. The number of hydrogen-bond donors (Lipinski definition) is 1. The highest BCUT2D eigenvalue weighted by atomic mass is 16.2. The molecule has 5 nitrogen and oxygen atoms in total. The Bertz CT molecular complexity index is 417. The number of nitrogens with two attached hydrogens (primary N) is 1. The van der Waals surface area contributed by atoms with Gasteiger partial charge in [-0.05, 0) is 12.1 Å². The summed E-state index contributed by atoms with van der Waals surface area (Å²) < 4.78 is 0. The van der Waals surface area contributed by atoms with Gasteiger partial charge in [-0.3, -0.25) is 9.69 Å². The fourth-order valence-electron chi connectivity index (χ4n) is 1.47. The Kier molecular flexibility index (Phi) is 2.39. The number of amides is 3. The van der Waals surface area contributed by atoms with Crippen molar-refractivity contribution in [3.05, 3.63) is 29.8 Å². The van der Waals surface area contributed by atoms with Gasteiger partial charge in [0.05, 0.1) is 11.3 Å². The van der Waals surface area contributed by atoms with E-state index >= 15 is 0 Å². The maximum Gasteiger partial charge on any atom is 0.351 e. The van der Waals surface area contributed by atoms with Crippen molar-refractivity contribution in [2.24, 2.45) is 5.73 Å². The third-order valence-electron chi connectivity index (χ3n) is 2.18. The highest BCUT2D eigenvalue weighted by molar-refractivity contribution is 6.11. The van der Waals surface area contributed by atoms with Crippen LogP contribution in [-0.4, -0.2) is 29.9 Å². The molecule has 1 aromatic carbocycles. The molecule has 3 amide bonds. The maximum absolute atomic E-state index is 11.8. The Morgan fingerprint density at radius 2 is 2.00 bits per heavy atom. The number of benzene rings is 1. The molecule has 0 saturated carbocycles. The first-order chi connectivity index (χ1) is 7.24. The molecule has 5 heteroatoms. The summed E-state index contributed by atoms with van der Waals surface area (Å²) in [5.41, 5.74) is 6.20. The SMILES string of the molecule is NCCN1C(=O)[N]c2ccccc2C1=O. The van der Waals surface area contributed by atoms with E-state index in [1.807, 2.05) is 0 Å². The van der Waals surface area contributed by atoms with Crippen LogP contribution in [0.2, 0.25) is 0 Å². The first-order valence-electron chi connectivity index (χ1n) is 4.60. The number of carbonyl (C=O) groups is 2. The van der Waals surface area contributed by atoms with Crippen LogP contribution < -0.4 is 11.1 Å². The number of imide groups is 1. The topological polar surface area (TPSA) is 77.5 Å². The average Bonchev–Trinajstić information content (AvgIpc) is 2.24. The molecule has 1 radical (unpaired) electrons. The normalized spacial score (nSPS) is 14.9. The molecule has 0 fully saturated rings. The number of urea groups is 1. The summed E-state index contributed by atoms with van der Waals surface area (Å²) >= 11 is 0. The molecule has 15 heavy (non-hydrogen) atoms. The van der Waals surface area contributed by atoms with Crippen LogP contribution >= 0.6 is 0 Å². The van der Waals surface area contributed by atoms with E-state index in [-0.39, 0.29) is 19.0 Å². The zero-order valence-corrected chi connectivity index (χ0v) is 8.01. The largest absolute Gasteiger partial charge is 0.351 e. The van der Waals surface area contributed by atoms with Crippen molar-refractivity contribution >= 4 is 17.6 Å². The number of hydrogen-bond acceptors (Lipinski definition) is 3. The number of fused-ring (bicyclic) bond motifs is 1. The summed E-state index contributed by atoms with van der Waals surface area (Å²) in [5, 5.41) is 3.81. The molecule has 0 aliphatic carbocycles. The van der Waals surface area contributed by atoms with Gasteiger partial charge in [-0.2, -0.15) is 5.32 Å². The zero-order chi connectivity index (χ0) is 10.8. The van der Waals surface area contributed by atoms with Crippen molar-refractivity contribution in [2.45, 2.75) is 0 Å². The van der Waals surface area contributed by atoms with E-state index < -0.39 is 6.03 Å². The van der Waals surface area contributed by atoms with Gasteiger partial charge in [0.1, 0.15) is 0 Å². The van der Waals surface area contributed by atoms with Gasteiger partial charge in [0.15, 0.2) is 0 Å². The molecule has 0 aromatic heterocycles. The van der Waals surface area contributed by atoms with Gasteiger partial charge in [0.2, 0.25) is 0 Å². The second-order valence-electron chi connectivity index (χ2n) is 3.16. The van der Waals surface area contributed by atoms with Gasteiger partial charge in [0.25, 0.3) is 5.91 Å². The van der Waals surface area contributed by atoms with Crippen molar-refractivity contribution in [1.82, 2.24) is 10.2 Å². The molecule has 2 rings (SSSR count). The van der Waals surface area contributed by atoms with Gasteiger partial charge < -0.3 is 5.73 Å². The lowest BCUT2D eigenvalue weighted by Gasteiger charge is -2.24. The van der Waals surface area contributed by atoms with Gasteiger partial charge in [-0.1, -0.05) is 12.1 Å². The standard InChI is InChI=1S/C10H10N3O2/c11-5-6-13-9(14)7-3-1-2-4-8(7)12-10(13)15/h1-4H,5-6,11H2. The molecule has 1 aromatic rings. The predicted octanol–water partition coefficient (Wildman–Crippen LogP) is 0.457. The monoisotopic (exact) mass is 204 g/mol. The highest BCUT2D eigenvalue weighted by Crippen LogP contribution is 2.22. The van der Waals surface area contributed by atoms with Crippen LogP contribution in [-0.2, 0) is 0 Å². The molecular formula is C10H10N3O2. The molecule has 1 aliphatic heterocycles. The van der Waals surface area contributed by atoms with E-state index in [0.29, 0.717) is 11.3 Å². The molecule has 77 valence electrons. The molecule has 2 N–H and O–H groups in total. The summed E-state index contributed by atoms with van der Waals surface area (Å²) in [6.07, 6.45) is 0. The molecular weight excluding hydrogens is 194 g/mol. The van der Waals surface area contributed by atoms with Crippen molar-refractivity contribution in [3.63, 3.8) is 0 Å². The molecule has 0 unspecified atom stereocenters. The minimum Gasteiger partial charge on any atom is -0.329 e. The van der Waals surface area contributed by atoms with Crippen molar-refractivity contribution < 1.29 is 9.59 Å². The van der Waals surface area contributed by atoms with Crippen molar-refractivity contribution in [1.29, 1.82) is 0 Å². The Labute approximate surface area is 86.9 Å². The summed E-state index contributed by atoms with van der Waals surface area (Å²) in [6.45, 7) is 0.449. The van der Waals surface area contributed by atoms with E-state index in [4.69, 9.17) is 5.73 Å². The Balaban J connectivity index is 2.38. The van der Waals surface area contributed by atoms with E-state index in [2.05, 4.69) is 5.32 Å². The van der Waals surface area contributed by atoms with Crippen molar-refractivity contribution in [3.8, 4) is 0 Å². The van der Waals surface area contributed by atoms with Crippen LogP contribution in [0.5, 0.6) is 0 Å². The van der Waals surface area contributed by atoms with E-state index in [9.17, 15) is 9.59 Å². The summed E-state index contributed by atoms with van der Waals surface area (Å²) in [4.78, 5) is 24.3. The van der Waals surface area contributed by atoms with Crippen LogP contribution in [0.3, 0.4) is 0 Å². The molecule has 0 bridgehead atoms. The smallest absolute Gasteiger partial charge is 0.329 e. The Morgan fingerprint density at radius 3 is 2.73 bits per heavy atom. The van der Waals surface area contributed by atoms with Crippen molar-refractivity contribution in [2.75, 3.05) is 13.1 Å². The summed E-state index contributed by atoms with van der Waals surface area (Å²) in [7, 11) is 0. The fourth-order valence-corrected chi connectivity index (χ4v) is 1.47. The lowest BCUT2D eigenvalue weighted by Crippen LogP contribution is -2.45. The maximum atomic E-state index is 11.8. The van der Waals surface area contributed by atoms with E-state index in [1.54, 1.807) is 24.3 Å². The number of rotatable bonds is 2. The van der Waals surface area contributed by atoms with Gasteiger partial charge >= 0.3 is 6.03 Å². The fraction of sp³-hybridized carbons (Fsp3) is 0.200. The van der Waals surface area contributed by atoms with Crippen LogP contribution in [0.25, 0.3) is 0 Å². The van der Waals surface area contributed by atoms with E-state index in [1.165, 1.54) is 0 Å². The number of para-hydroxylation sites is 1. The van der Waals surface area contributed by atoms with Crippen LogP contribution in [0.1, 0.15) is 10.4 Å². The first-order valence-corrected chi connectivity index (χ1v) is 4.60.